The van der Waals surface area contributed by atoms with Crippen LogP contribution in [-0.4, -0.2) is 49.8 Å². The van der Waals surface area contributed by atoms with Crippen LogP contribution in [-0.2, 0) is 0 Å². The number of aryl methyl sites for hydroxylation is 3. The molecule has 12 aromatic rings. The lowest BCUT2D eigenvalue weighted by Gasteiger charge is -2.00. The van der Waals surface area contributed by atoms with Crippen LogP contribution >= 0.6 is 11.3 Å². The molecule has 0 radical (unpaired) electrons. The van der Waals surface area contributed by atoms with Crippen LogP contribution < -0.4 is 57.3 Å². The van der Waals surface area contributed by atoms with Gasteiger partial charge < -0.3 is 57.3 Å². The average Bonchev–Trinajstić information content (AvgIpc) is 4.06. The van der Waals surface area contributed by atoms with Crippen molar-refractivity contribution in [3.63, 3.8) is 0 Å². The summed E-state index contributed by atoms with van der Waals surface area (Å²) in [6.45, 7) is 5.82. The minimum absolute atomic E-state index is 0.329. The van der Waals surface area contributed by atoms with Gasteiger partial charge in [-0.25, -0.2) is 34.9 Å². The molecule has 0 aliphatic rings. The van der Waals surface area contributed by atoms with Gasteiger partial charge in [0.25, 0.3) is 0 Å². The number of nitrogens with two attached hydrogens (primary N) is 10. The zero-order valence-electron chi connectivity index (χ0n) is 45.8. The first-order valence-electron chi connectivity index (χ1n) is 24.7. The Morgan fingerprint density at radius 3 is 1.32 bits per heavy atom. The molecule has 8 heterocycles. The van der Waals surface area contributed by atoms with E-state index in [1.54, 1.807) is 111 Å². The second-order valence-corrected chi connectivity index (χ2v) is 17.5. The van der Waals surface area contributed by atoms with E-state index in [4.69, 9.17) is 57.3 Å². The molecule has 4 aromatic carbocycles. The molecule has 0 saturated heterocycles. The van der Waals surface area contributed by atoms with Gasteiger partial charge in [-0.3, -0.25) is 15.0 Å². The molecular weight excluding hydrogens is 1040 g/mol. The molecule has 0 aliphatic heterocycles. The molecule has 0 spiro atoms. The molecule has 82 heavy (non-hydrogen) atoms. The van der Waals surface area contributed by atoms with Crippen LogP contribution in [0.5, 0.6) is 0 Å². The number of hydrogen-bond donors (Lipinski definition) is 10. The van der Waals surface area contributed by atoms with Crippen molar-refractivity contribution in [2.24, 2.45) is 0 Å². The predicted octanol–water partition coefficient (Wildman–Crippen LogP) is 10.4. The third-order valence-electron chi connectivity index (χ3n) is 9.57. The van der Waals surface area contributed by atoms with Crippen molar-refractivity contribution < 1.29 is 0 Å². The molecule has 0 amide bonds. The highest BCUT2D eigenvalue weighted by Gasteiger charge is 1.95. The van der Waals surface area contributed by atoms with Crippen LogP contribution in [0.25, 0.3) is 21.9 Å². The van der Waals surface area contributed by atoms with E-state index in [1.807, 2.05) is 129 Å². The van der Waals surface area contributed by atoms with E-state index in [2.05, 4.69) is 74.1 Å². The number of thiazole rings is 1. The van der Waals surface area contributed by atoms with Gasteiger partial charge in [0, 0.05) is 83.9 Å². The highest BCUT2D eigenvalue weighted by atomic mass is 32.1. The van der Waals surface area contributed by atoms with E-state index >= 15 is 0 Å². The lowest BCUT2D eigenvalue weighted by molar-refractivity contribution is 1.15. The monoisotopic (exact) mass is 1110 g/mol. The third kappa shape index (κ3) is 31.7. The molecule has 0 saturated carbocycles. The number of nitrogen functional groups attached to an aromatic ring is 10. The molecule has 0 bridgehead atoms. The lowest BCUT2D eigenvalue weighted by atomic mass is 10.1. The molecule has 21 heteroatoms. The Kier molecular flexibility index (Phi) is 31.0. The van der Waals surface area contributed by atoms with Crippen molar-refractivity contribution in [1.82, 2.24) is 49.8 Å². The van der Waals surface area contributed by atoms with E-state index in [-0.39, 0.29) is 0 Å². The van der Waals surface area contributed by atoms with Crippen LogP contribution in [0.1, 0.15) is 16.8 Å². The zero-order valence-corrected chi connectivity index (χ0v) is 46.6. The van der Waals surface area contributed by atoms with Gasteiger partial charge in [-0.15, -0.1) is 11.3 Å². The summed E-state index contributed by atoms with van der Waals surface area (Å²) in [6, 6.07) is 52.2. The van der Waals surface area contributed by atoms with Gasteiger partial charge in [-0.1, -0.05) is 84.9 Å². The molecule has 20 nitrogen and oxygen atoms in total. The summed E-state index contributed by atoms with van der Waals surface area (Å²) in [7, 11) is 0. The lowest BCUT2D eigenvalue weighted by Crippen LogP contribution is -1.92. The van der Waals surface area contributed by atoms with Crippen LogP contribution in [0.2, 0.25) is 0 Å². The molecule has 8 aromatic heterocycles. The Bertz CT molecular complexity index is 3130. The molecule has 420 valence electrons. The molecular formula is C61H70N20S. The smallest absolute Gasteiger partial charge is 0.219 e. The Morgan fingerprint density at radius 2 is 0.890 bits per heavy atom. The maximum Gasteiger partial charge on any atom is 0.219 e. The number of rotatable bonds is 1. The number of hydrogen-bond acceptors (Lipinski definition) is 21. The first-order valence-corrected chi connectivity index (χ1v) is 25.6. The Hall–Kier alpha value is -11.3. The van der Waals surface area contributed by atoms with E-state index < -0.39 is 0 Å². The normalized spacial score (nSPS) is 9.16. The van der Waals surface area contributed by atoms with Gasteiger partial charge in [0.05, 0.1) is 35.7 Å². The van der Waals surface area contributed by atoms with Gasteiger partial charge in [0.1, 0.15) is 18.0 Å². The molecule has 0 atom stereocenters. The summed E-state index contributed by atoms with van der Waals surface area (Å²) in [5, 5.41) is 4.92. The summed E-state index contributed by atoms with van der Waals surface area (Å²) in [5.41, 5.74) is 63.4. The summed E-state index contributed by atoms with van der Waals surface area (Å²) in [4.78, 5) is 37.6. The third-order valence-corrected chi connectivity index (χ3v) is 10.2. The van der Waals surface area contributed by atoms with Crippen molar-refractivity contribution in [2.45, 2.75) is 20.8 Å². The predicted molar refractivity (Wildman–Crippen MR) is 342 cm³/mol. The second kappa shape index (κ2) is 39.1. The van der Waals surface area contributed by atoms with Gasteiger partial charge in [-0.2, -0.15) is 0 Å². The fourth-order valence-corrected chi connectivity index (χ4v) is 5.92. The summed E-state index contributed by atoms with van der Waals surface area (Å²) < 4.78 is 0. The topological polar surface area (TPSA) is 389 Å². The largest absolute Gasteiger partial charge is 0.399 e. The van der Waals surface area contributed by atoms with Crippen molar-refractivity contribution in [2.75, 3.05) is 57.3 Å². The Balaban J connectivity index is 0.000000241. The Morgan fingerprint density at radius 1 is 0.317 bits per heavy atom. The van der Waals surface area contributed by atoms with Crippen LogP contribution in [0.4, 0.5) is 56.8 Å². The molecule has 0 unspecified atom stereocenters. The highest BCUT2D eigenvalue weighted by Crippen LogP contribution is 2.20. The van der Waals surface area contributed by atoms with Crippen LogP contribution in [0.15, 0.2) is 250 Å². The van der Waals surface area contributed by atoms with E-state index in [1.165, 1.54) is 39.6 Å². The fourth-order valence-electron chi connectivity index (χ4n) is 5.54. The molecule has 0 aliphatic carbocycles. The van der Waals surface area contributed by atoms with Crippen molar-refractivity contribution in [3.05, 3.63) is 267 Å². The highest BCUT2D eigenvalue weighted by molar-refractivity contribution is 7.13. The van der Waals surface area contributed by atoms with Gasteiger partial charge in [0.15, 0.2) is 5.13 Å². The maximum absolute atomic E-state index is 5.62. The number of nitrogens with zero attached hydrogens (tertiary/aromatic N) is 10. The average molecular weight is 1120 g/mol. The van der Waals surface area contributed by atoms with Crippen molar-refractivity contribution in [3.8, 4) is 11.1 Å². The van der Waals surface area contributed by atoms with Crippen molar-refractivity contribution in [1.29, 1.82) is 0 Å². The van der Waals surface area contributed by atoms with E-state index in [0.29, 0.717) is 34.1 Å². The standard InChI is InChI=1S/C12H11N.C10H9N.2C6H8N2.C5H7N3.3C5H6N2.C4H5N3.C3H4N2S/c13-12-8-6-11(7-9-12)10-4-2-1-3-5-10;11-10-6-5-8-3-1-2-4-9(8)7-10;1-5-2-3-6(7)4-8-5;1-5-2-3-6(7)8-4-5;1-4-2-7-5(6)8-3-4;6-5-1-3-7-4-2-5;6-5-2-1-3-7-4-5;6-5-3-1-2-4-7-5;5-4-1-6-3-7-2-4;4-3-5-1-2-6-3/h1-9H,13H2;1-7H,11H2;2-4H,7H2,1H3;2-4H,1H3,(H2,7,8);2-3H,1H3,(H2,6,7,8);1-4H,(H2,6,7);1-4H,6H2;1-4H,(H2,6,7);1-3H,5H2;1-2H,(H2,4,5). The number of benzene rings is 4. The first kappa shape index (κ1) is 65.0. The fraction of sp³-hybridized carbons (Fsp3) is 0.0492. The number of aromatic nitrogens is 10. The van der Waals surface area contributed by atoms with E-state index in [9.17, 15) is 0 Å². The van der Waals surface area contributed by atoms with E-state index in [0.717, 1.165) is 39.6 Å². The first-order chi connectivity index (χ1) is 39.6. The number of pyridine rings is 5. The minimum atomic E-state index is 0.329. The van der Waals surface area contributed by atoms with Gasteiger partial charge in [-0.05, 0) is 133 Å². The zero-order chi connectivity index (χ0) is 59.6. The maximum atomic E-state index is 5.62. The molecule has 0 fully saturated rings. The quantitative estimate of drug-likeness (QED) is 0.0683. The number of anilines is 10. The summed E-state index contributed by atoms with van der Waals surface area (Å²) >= 11 is 1.44. The minimum Gasteiger partial charge on any atom is -0.399 e. The second-order valence-electron chi connectivity index (χ2n) is 16.6. The Labute approximate surface area is 482 Å². The number of fused-ring (bicyclic) bond motifs is 1. The molecule has 20 N–H and O–H groups in total. The van der Waals surface area contributed by atoms with Crippen molar-refractivity contribution >= 4 is 78.9 Å². The van der Waals surface area contributed by atoms with Crippen LogP contribution in [0, 0.1) is 20.8 Å². The SMILES string of the molecule is Cc1ccc(N)cn1.Cc1ccc(N)nc1.Cc1cnc(N)nc1.Nc1ccc(-c2ccccc2)cc1.Nc1ccc2ccccc2c1.Nc1ccccn1.Nc1cccnc1.Nc1ccncc1.Nc1cncnc1.Nc1nccs1. The summed E-state index contributed by atoms with van der Waals surface area (Å²) in [6.07, 6.45) is 21.3. The van der Waals surface area contributed by atoms with Crippen LogP contribution in [0.3, 0.4) is 0 Å². The van der Waals surface area contributed by atoms with Gasteiger partial charge in [0.2, 0.25) is 5.95 Å². The summed E-state index contributed by atoms with van der Waals surface area (Å²) in [5.74, 6) is 1.48. The molecule has 12 rings (SSSR count). The van der Waals surface area contributed by atoms with Gasteiger partial charge >= 0.3 is 0 Å².